The summed E-state index contributed by atoms with van der Waals surface area (Å²) in [7, 11) is 0. The molecule has 122 valence electrons. The summed E-state index contributed by atoms with van der Waals surface area (Å²) >= 11 is 1.18. The maximum absolute atomic E-state index is 12.0. The molecule has 1 aromatic heterocycles. The predicted molar refractivity (Wildman–Crippen MR) is 88.9 cm³/mol. The van der Waals surface area contributed by atoms with E-state index >= 15 is 0 Å². The second-order valence-electron chi connectivity index (χ2n) is 5.21. The summed E-state index contributed by atoms with van der Waals surface area (Å²) in [4.78, 5) is 27.8. The molecule has 8 heteroatoms. The van der Waals surface area contributed by atoms with Crippen molar-refractivity contribution in [3.8, 4) is 11.4 Å². The highest BCUT2D eigenvalue weighted by atomic mass is 32.2. The van der Waals surface area contributed by atoms with Crippen molar-refractivity contribution in [2.24, 2.45) is 0 Å². The molecule has 0 aliphatic heterocycles. The number of aromatic amines is 1. The average molecular weight is 333 g/mol. The van der Waals surface area contributed by atoms with Gasteiger partial charge in [0.15, 0.2) is 5.82 Å². The predicted octanol–water partition coefficient (Wildman–Crippen LogP) is 2.19. The van der Waals surface area contributed by atoms with Gasteiger partial charge in [-0.25, -0.2) is 9.78 Å². The molecule has 3 amide bonds. The minimum absolute atomic E-state index is 0.0350. The van der Waals surface area contributed by atoms with Crippen LogP contribution in [0.1, 0.15) is 20.8 Å². The zero-order chi connectivity index (χ0) is 16.8. The first-order chi connectivity index (χ1) is 11.0. The number of hydrogen-bond acceptors (Lipinski definition) is 5. The van der Waals surface area contributed by atoms with Gasteiger partial charge in [-0.1, -0.05) is 42.1 Å². The van der Waals surface area contributed by atoms with E-state index in [1.807, 2.05) is 44.2 Å². The molecule has 0 fully saturated rings. The highest BCUT2D eigenvalue weighted by Crippen LogP contribution is 2.22. The number of carbonyl (C=O) groups excluding carboxylic acids is 2. The molecule has 3 N–H and O–H groups in total. The number of hydrogen-bond donors (Lipinski definition) is 3. The number of nitrogens with zero attached hydrogens (tertiary/aromatic N) is 2. The Hall–Kier alpha value is -2.35. The molecule has 0 saturated carbocycles. The van der Waals surface area contributed by atoms with E-state index in [0.717, 1.165) is 5.56 Å². The monoisotopic (exact) mass is 333 g/mol. The molecule has 1 aromatic carbocycles. The van der Waals surface area contributed by atoms with Crippen LogP contribution in [0.25, 0.3) is 11.4 Å². The van der Waals surface area contributed by atoms with Crippen molar-refractivity contribution in [3.05, 3.63) is 30.3 Å². The van der Waals surface area contributed by atoms with Crippen LogP contribution < -0.4 is 10.6 Å². The van der Waals surface area contributed by atoms with Gasteiger partial charge in [0, 0.05) is 11.6 Å². The van der Waals surface area contributed by atoms with E-state index in [2.05, 4.69) is 25.8 Å². The Morgan fingerprint density at radius 2 is 1.87 bits per heavy atom. The largest absolute Gasteiger partial charge is 0.336 e. The minimum Gasteiger partial charge on any atom is -0.336 e. The fourth-order valence-corrected chi connectivity index (χ4v) is 2.47. The summed E-state index contributed by atoms with van der Waals surface area (Å²) < 4.78 is 0. The highest BCUT2D eigenvalue weighted by molar-refractivity contribution is 8.00. The Morgan fingerprint density at radius 1 is 1.17 bits per heavy atom. The van der Waals surface area contributed by atoms with Gasteiger partial charge in [0.2, 0.25) is 11.1 Å². The van der Waals surface area contributed by atoms with Gasteiger partial charge in [0.1, 0.15) is 0 Å². The summed E-state index contributed by atoms with van der Waals surface area (Å²) in [6.07, 6.45) is 0. The Morgan fingerprint density at radius 3 is 2.52 bits per heavy atom. The maximum atomic E-state index is 12.0. The third-order valence-corrected chi connectivity index (χ3v) is 3.78. The first kappa shape index (κ1) is 17.0. The number of carbonyl (C=O) groups is 2. The lowest BCUT2D eigenvalue weighted by molar-refractivity contribution is -0.119. The molecule has 0 saturated heterocycles. The summed E-state index contributed by atoms with van der Waals surface area (Å²) in [6, 6.07) is 9.04. The fraction of sp³-hybridized carbons (Fsp3) is 0.333. The standard InChI is InChI=1S/C15H19N5O2S/c1-9(2)16-14(22)18-13(21)10(3)23-15-17-12(19-20-15)11-7-5-4-6-8-11/h4-10H,1-3H3,(H,17,19,20)(H2,16,18,21,22)/t10-/m0/s1. The van der Waals surface area contributed by atoms with Gasteiger partial charge in [-0.3, -0.25) is 15.2 Å². The first-order valence-corrected chi connectivity index (χ1v) is 8.09. The van der Waals surface area contributed by atoms with Crippen molar-refractivity contribution < 1.29 is 9.59 Å². The van der Waals surface area contributed by atoms with Gasteiger partial charge in [-0.05, 0) is 20.8 Å². The number of imide groups is 1. The lowest BCUT2D eigenvalue weighted by Gasteiger charge is -2.11. The van der Waals surface area contributed by atoms with Gasteiger partial charge in [0.25, 0.3) is 0 Å². The molecule has 0 unspecified atom stereocenters. The third-order valence-electron chi connectivity index (χ3n) is 2.82. The van der Waals surface area contributed by atoms with E-state index in [0.29, 0.717) is 11.0 Å². The maximum Gasteiger partial charge on any atom is 0.321 e. The Balaban J connectivity index is 1.93. The normalized spacial score (nSPS) is 12.0. The van der Waals surface area contributed by atoms with E-state index in [-0.39, 0.29) is 11.9 Å². The van der Waals surface area contributed by atoms with Crippen molar-refractivity contribution >= 4 is 23.7 Å². The molecule has 23 heavy (non-hydrogen) atoms. The first-order valence-electron chi connectivity index (χ1n) is 7.21. The molecule has 0 radical (unpaired) electrons. The highest BCUT2D eigenvalue weighted by Gasteiger charge is 2.19. The number of rotatable bonds is 5. The number of aromatic nitrogens is 3. The van der Waals surface area contributed by atoms with Crippen LogP contribution in [0.3, 0.4) is 0 Å². The molecular formula is C15H19N5O2S. The minimum atomic E-state index is -0.502. The van der Waals surface area contributed by atoms with Crippen LogP contribution in [0.15, 0.2) is 35.5 Å². The van der Waals surface area contributed by atoms with Crippen molar-refractivity contribution in [1.82, 2.24) is 25.8 Å². The Bertz CT molecular complexity index is 672. The Kier molecular flexibility index (Phi) is 5.75. The number of nitrogens with one attached hydrogen (secondary N) is 3. The molecule has 2 aromatic rings. The van der Waals surface area contributed by atoms with Crippen molar-refractivity contribution in [1.29, 1.82) is 0 Å². The molecule has 0 aliphatic rings. The fourth-order valence-electron chi connectivity index (χ4n) is 1.75. The van der Waals surface area contributed by atoms with Crippen molar-refractivity contribution in [2.45, 2.75) is 37.2 Å². The number of urea groups is 1. The van der Waals surface area contributed by atoms with E-state index in [1.54, 1.807) is 6.92 Å². The number of thioether (sulfide) groups is 1. The van der Waals surface area contributed by atoms with Gasteiger partial charge in [-0.2, -0.15) is 0 Å². The second kappa shape index (κ2) is 7.77. The van der Waals surface area contributed by atoms with Gasteiger partial charge in [-0.15, -0.1) is 5.10 Å². The number of benzene rings is 1. The van der Waals surface area contributed by atoms with Gasteiger partial charge < -0.3 is 5.32 Å². The smallest absolute Gasteiger partial charge is 0.321 e. The molecule has 7 nitrogen and oxygen atoms in total. The van der Waals surface area contributed by atoms with Crippen LogP contribution in [0.5, 0.6) is 0 Å². The van der Waals surface area contributed by atoms with Gasteiger partial charge >= 0.3 is 6.03 Å². The zero-order valence-electron chi connectivity index (χ0n) is 13.2. The van der Waals surface area contributed by atoms with Crippen LogP contribution in [0.4, 0.5) is 4.79 Å². The summed E-state index contributed by atoms with van der Waals surface area (Å²) in [6.45, 7) is 5.34. The third kappa shape index (κ3) is 5.10. The summed E-state index contributed by atoms with van der Waals surface area (Å²) in [5, 5.41) is 11.8. The zero-order valence-corrected chi connectivity index (χ0v) is 14.0. The lowest BCUT2D eigenvalue weighted by Crippen LogP contribution is -2.45. The molecule has 1 atom stereocenters. The lowest BCUT2D eigenvalue weighted by atomic mass is 10.2. The second-order valence-corrected chi connectivity index (χ2v) is 6.52. The quantitative estimate of drug-likeness (QED) is 0.728. The Labute approximate surface area is 138 Å². The van der Waals surface area contributed by atoms with Crippen molar-refractivity contribution in [2.75, 3.05) is 0 Å². The van der Waals surface area contributed by atoms with Crippen LogP contribution in [-0.4, -0.2) is 38.4 Å². The molecular weight excluding hydrogens is 314 g/mol. The SMILES string of the molecule is CC(C)NC(=O)NC(=O)[C@H](C)Sc1n[nH]c(-c2ccccc2)n1. The van der Waals surface area contributed by atoms with E-state index in [9.17, 15) is 9.59 Å². The van der Waals surface area contributed by atoms with E-state index in [1.165, 1.54) is 11.8 Å². The van der Waals surface area contributed by atoms with E-state index in [4.69, 9.17) is 0 Å². The van der Waals surface area contributed by atoms with Gasteiger partial charge in [0.05, 0.1) is 5.25 Å². The average Bonchev–Trinajstić information content (AvgIpc) is 2.95. The van der Waals surface area contributed by atoms with Crippen molar-refractivity contribution in [3.63, 3.8) is 0 Å². The van der Waals surface area contributed by atoms with E-state index < -0.39 is 11.3 Å². The molecule has 2 rings (SSSR count). The molecule has 0 aliphatic carbocycles. The molecule has 0 bridgehead atoms. The summed E-state index contributed by atoms with van der Waals surface area (Å²) in [5.41, 5.74) is 0.917. The molecule has 1 heterocycles. The number of H-pyrrole nitrogens is 1. The summed E-state index contributed by atoms with van der Waals surface area (Å²) in [5.74, 6) is 0.248. The number of amides is 3. The van der Waals surface area contributed by atoms with Crippen LogP contribution in [0.2, 0.25) is 0 Å². The topological polar surface area (TPSA) is 99.8 Å². The van der Waals surface area contributed by atoms with Crippen LogP contribution >= 0.6 is 11.8 Å². The molecule has 0 spiro atoms. The van der Waals surface area contributed by atoms with Crippen LogP contribution in [0, 0.1) is 0 Å². The van der Waals surface area contributed by atoms with Crippen LogP contribution in [-0.2, 0) is 4.79 Å².